The van der Waals surface area contributed by atoms with Crippen molar-refractivity contribution in [2.45, 2.75) is 59.5 Å². The third-order valence-corrected chi connectivity index (χ3v) is 7.26. The highest BCUT2D eigenvalue weighted by molar-refractivity contribution is 9.10. The van der Waals surface area contributed by atoms with Gasteiger partial charge < -0.3 is 10.1 Å². The summed E-state index contributed by atoms with van der Waals surface area (Å²) in [6, 6.07) is 9.69. The molecule has 4 nitrogen and oxygen atoms in total. The van der Waals surface area contributed by atoms with Gasteiger partial charge in [0.05, 0.1) is 5.56 Å². The fourth-order valence-electron chi connectivity index (χ4n) is 3.63. The molecule has 0 bridgehead atoms. The van der Waals surface area contributed by atoms with Crippen LogP contribution in [0.25, 0.3) is 0 Å². The lowest BCUT2D eigenvalue weighted by Crippen LogP contribution is -2.42. The topological polar surface area (TPSA) is 62.1 Å². The van der Waals surface area contributed by atoms with E-state index in [-0.39, 0.29) is 11.3 Å². The van der Waals surface area contributed by atoms with Gasteiger partial charge >= 0.3 is 0 Å². The summed E-state index contributed by atoms with van der Waals surface area (Å²) in [6.45, 7) is 10.3. The van der Waals surface area contributed by atoms with E-state index in [0.717, 1.165) is 29.3 Å². The minimum absolute atomic E-state index is 0.235. The summed E-state index contributed by atoms with van der Waals surface area (Å²) in [4.78, 5) is 14.2. The van der Waals surface area contributed by atoms with Gasteiger partial charge in [0.1, 0.15) is 16.8 Å². The SMILES string of the molecule is CC(C)(Oc1ccc(Br)cc1)C(=O)Nc1sc2c(c1C#N)CC[C@@H](C(C)(C)C)C2. The monoisotopic (exact) mass is 474 g/mol. The molecule has 1 amide bonds. The van der Waals surface area contributed by atoms with Crippen molar-refractivity contribution in [2.24, 2.45) is 11.3 Å². The summed E-state index contributed by atoms with van der Waals surface area (Å²) in [7, 11) is 0. The number of nitrogens with one attached hydrogen (secondary N) is 1. The summed E-state index contributed by atoms with van der Waals surface area (Å²) in [5.74, 6) is 0.941. The lowest BCUT2D eigenvalue weighted by atomic mass is 9.72. The molecule has 0 unspecified atom stereocenters. The molecule has 1 aliphatic carbocycles. The smallest absolute Gasteiger partial charge is 0.268 e. The first-order chi connectivity index (χ1) is 13.5. The number of nitriles is 1. The van der Waals surface area contributed by atoms with Gasteiger partial charge in [-0.25, -0.2) is 0 Å². The Morgan fingerprint density at radius 1 is 1.24 bits per heavy atom. The number of anilines is 1. The number of nitrogens with zero attached hydrogens (tertiary/aromatic N) is 1. The summed E-state index contributed by atoms with van der Waals surface area (Å²) >= 11 is 4.94. The molecule has 1 aliphatic rings. The summed E-state index contributed by atoms with van der Waals surface area (Å²) < 4.78 is 6.86. The van der Waals surface area contributed by atoms with Crippen LogP contribution in [0.15, 0.2) is 28.7 Å². The molecule has 3 rings (SSSR count). The molecule has 1 aromatic heterocycles. The predicted molar refractivity (Wildman–Crippen MR) is 121 cm³/mol. The Bertz CT molecular complexity index is 949. The van der Waals surface area contributed by atoms with Gasteiger partial charge in [0.15, 0.2) is 5.60 Å². The van der Waals surface area contributed by atoms with Gasteiger partial charge in [0, 0.05) is 9.35 Å². The molecule has 0 aliphatic heterocycles. The van der Waals surface area contributed by atoms with Crippen molar-refractivity contribution in [3.05, 3.63) is 44.7 Å². The van der Waals surface area contributed by atoms with E-state index in [2.05, 4.69) is 48.1 Å². The average molecular weight is 475 g/mol. The van der Waals surface area contributed by atoms with E-state index in [4.69, 9.17) is 4.74 Å². The first kappa shape index (κ1) is 21.9. The van der Waals surface area contributed by atoms with Crippen molar-refractivity contribution in [3.8, 4) is 11.8 Å². The first-order valence-corrected chi connectivity index (χ1v) is 11.4. The molecule has 1 heterocycles. The molecule has 154 valence electrons. The zero-order valence-corrected chi connectivity index (χ0v) is 20.0. The van der Waals surface area contributed by atoms with Crippen LogP contribution in [0.3, 0.4) is 0 Å². The quantitative estimate of drug-likeness (QED) is 0.562. The van der Waals surface area contributed by atoms with Crippen molar-refractivity contribution < 1.29 is 9.53 Å². The Morgan fingerprint density at radius 3 is 2.48 bits per heavy atom. The molecule has 1 atom stereocenters. The molecule has 1 N–H and O–H groups in total. The van der Waals surface area contributed by atoms with Crippen molar-refractivity contribution in [1.82, 2.24) is 0 Å². The van der Waals surface area contributed by atoms with E-state index < -0.39 is 5.60 Å². The molecule has 0 spiro atoms. The highest BCUT2D eigenvalue weighted by Gasteiger charge is 2.35. The molecule has 0 saturated carbocycles. The minimum Gasteiger partial charge on any atom is -0.478 e. The van der Waals surface area contributed by atoms with Gasteiger partial charge in [-0.05, 0) is 74.3 Å². The second-order valence-electron chi connectivity index (χ2n) is 9.15. The lowest BCUT2D eigenvalue weighted by Gasteiger charge is -2.33. The van der Waals surface area contributed by atoms with Crippen LogP contribution >= 0.6 is 27.3 Å². The van der Waals surface area contributed by atoms with Gasteiger partial charge in [-0.1, -0.05) is 36.7 Å². The Morgan fingerprint density at radius 2 is 1.90 bits per heavy atom. The number of rotatable bonds is 4. The van der Waals surface area contributed by atoms with Crippen LogP contribution in [-0.4, -0.2) is 11.5 Å². The second kappa shape index (κ2) is 8.12. The summed E-state index contributed by atoms with van der Waals surface area (Å²) in [5.41, 5.74) is 0.891. The van der Waals surface area contributed by atoms with E-state index >= 15 is 0 Å². The van der Waals surface area contributed by atoms with Crippen LogP contribution in [0.2, 0.25) is 0 Å². The van der Waals surface area contributed by atoms with Crippen molar-refractivity contribution in [3.63, 3.8) is 0 Å². The number of amides is 1. The first-order valence-electron chi connectivity index (χ1n) is 9.82. The van der Waals surface area contributed by atoms with E-state index in [9.17, 15) is 10.1 Å². The van der Waals surface area contributed by atoms with Crippen LogP contribution in [-0.2, 0) is 17.6 Å². The Hall–Kier alpha value is -1.84. The molecule has 6 heteroatoms. The molecule has 1 aromatic carbocycles. The maximum Gasteiger partial charge on any atom is 0.268 e. The zero-order valence-electron chi connectivity index (χ0n) is 17.6. The Labute approximate surface area is 185 Å². The minimum atomic E-state index is -1.07. The number of fused-ring (bicyclic) bond motifs is 1. The van der Waals surface area contributed by atoms with Crippen LogP contribution in [0.4, 0.5) is 5.00 Å². The normalized spacial score (nSPS) is 16.7. The number of carbonyl (C=O) groups is 1. The third kappa shape index (κ3) is 4.84. The molecular weight excluding hydrogens is 448 g/mol. The fraction of sp³-hybridized carbons (Fsp3) is 0.478. The van der Waals surface area contributed by atoms with Gasteiger partial charge in [-0.3, -0.25) is 4.79 Å². The van der Waals surface area contributed by atoms with E-state index in [1.807, 2.05) is 24.3 Å². The van der Waals surface area contributed by atoms with Crippen molar-refractivity contribution in [2.75, 3.05) is 5.32 Å². The van der Waals surface area contributed by atoms with Crippen molar-refractivity contribution in [1.29, 1.82) is 5.26 Å². The van der Waals surface area contributed by atoms with Crippen LogP contribution in [0.5, 0.6) is 5.75 Å². The number of thiophene rings is 1. The molecule has 0 saturated heterocycles. The zero-order chi connectivity index (χ0) is 21.4. The fourth-order valence-corrected chi connectivity index (χ4v) is 5.17. The Kier molecular flexibility index (Phi) is 6.12. The van der Waals surface area contributed by atoms with E-state index in [1.165, 1.54) is 4.88 Å². The predicted octanol–water partition coefficient (Wildman–Crippen LogP) is 6.33. The number of ether oxygens (including phenoxy) is 1. The van der Waals surface area contributed by atoms with E-state index in [0.29, 0.717) is 22.2 Å². The summed E-state index contributed by atoms with van der Waals surface area (Å²) in [6.07, 6.45) is 2.94. The highest BCUT2D eigenvalue weighted by Crippen LogP contribution is 2.44. The average Bonchev–Trinajstić information content (AvgIpc) is 2.98. The number of carbonyl (C=O) groups excluding carboxylic acids is 1. The maximum absolute atomic E-state index is 13.0. The second-order valence-corrected chi connectivity index (χ2v) is 11.2. The van der Waals surface area contributed by atoms with E-state index in [1.54, 1.807) is 25.2 Å². The molecular formula is C23H27BrN2O2S. The van der Waals surface area contributed by atoms with Crippen LogP contribution in [0, 0.1) is 22.7 Å². The molecule has 0 fully saturated rings. The maximum atomic E-state index is 13.0. The lowest BCUT2D eigenvalue weighted by molar-refractivity contribution is -0.128. The van der Waals surface area contributed by atoms with Crippen LogP contribution < -0.4 is 10.1 Å². The largest absolute Gasteiger partial charge is 0.478 e. The van der Waals surface area contributed by atoms with Gasteiger partial charge in [-0.15, -0.1) is 11.3 Å². The van der Waals surface area contributed by atoms with Crippen LogP contribution in [0.1, 0.15) is 57.0 Å². The standard InChI is InChI=1S/C23H27BrN2O2S/c1-22(2,3)14-6-11-17-18(13-25)20(29-19(17)12-14)26-21(27)23(4,5)28-16-9-7-15(24)8-10-16/h7-10,14H,6,11-12H2,1-5H3,(H,26,27)/t14-/m1/s1. The third-order valence-electron chi connectivity index (χ3n) is 5.56. The van der Waals surface area contributed by atoms with Gasteiger partial charge in [0.2, 0.25) is 0 Å². The number of hydrogen-bond acceptors (Lipinski definition) is 4. The van der Waals surface area contributed by atoms with Gasteiger partial charge in [-0.2, -0.15) is 5.26 Å². The molecule has 2 aromatic rings. The summed E-state index contributed by atoms with van der Waals surface area (Å²) in [5, 5.41) is 13.3. The Balaban J connectivity index is 1.79. The number of hydrogen-bond donors (Lipinski definition) is 1. The molecule has 0 radical (unpaired) electrons. The van der Waals surface area contributed by atoms with Crippen molar-refractivity contribution >= 4 is 38.2 Å². The number of halogens is 1. The van der Waals surface area contributed by atoms with Gasteiger partial charge in [0.25, 0.3) is 5.91 Å². The molecule has 29 heavy (non-hydrogen) atoms. The highest BCUT2D eigenvalue weighted by atomic mass is 79.9. The number of benzene rings is 1.